The minimum atomic E-state index is -4.29. The Kier molecular flexibility index (Phi) is 3.47. The van der Waals surface area contributed by atoms with Gasteiger partial charge in [0, 0.05) is 0 Å². The Morgan fingerprint density at radius 2 is 1.26 bits per heavy atom. The molecule has 0 saturated carbocycles. The van der Waals surface area contributed by atoms with Gasteiger partial charge < -0.3 is 0 Å². The monoisotopic (exact) mass is 262 g/mol. The van der Waals surface area contributed by atoms with E-state index in [2.05, 4.69) is 6.58 Å². The maximum absolute atomic E-state index is 12.5. The third-order valence-electron chi connectivity index (χ3n) is 2.92. The lowest BCUT2D eigenvalue weighted by Crippen LogP contribution is -2.03. The van der Waals surface area contributed by atoms with Crippen molar-refractivity contribution in [1.82, 2.24) is 0 Å². The Bertz CT molecular complexity index is 575. The molecule has 0 bridgehead atoms. The van der Waals surface area contributed by atoms with Crippen molar-refractivity contribution >= 4 is 5.57 Å². The van der Waals surface area contributed by atoms with Gasteiger partial charge >= 0.3 is 6.18 Å². The summed E-state index contributed by atoms with van der Waals surface area (Å²) in [7, 11) is 0. The second-order valence-corrected chi connectivity index (χ2v) is 4.43. The first kappa shape index (κ1) is 13.4. The molecule has 0 aliphatic rings. The molecule has 0 unspecified atom stereocenters. The van der Waals surface area contributed by atoms with E-state index >= 15 is 0 Å². The molecule has 0 aromatic heterocycles. The molecule has 0 spiro atoms. The predicted octanol–water partition coefficient (Wildman–Crippen LogP) is 5.41. The van der Waals surface area contributed by atoms with Crippen LogP contribution in [0, 0.1) is 0 Å². The van der Waals surface area contributed by atoms with Gasteiger partial charge in [-0.2, -0.15) is 13.2 Å². The largest absolute Gasteiger partial charge is 0.416 e. The first-order chi connectivity index (χ1) is 8.88. The standard InChI is InChI=1S/C16H13F3/c1-11(2)12-3-5-13(6-4-12)14-7-9-15(10-8-14)16(17,18)19/h3-10H,1H2,2H3. The number of halogens is 3. The highest BCUT2D eigenvalue weighted by atomic mass is 19.4. The minimum Gasteiger partial charge on any atom is -0.166 e. The van der Waals surface area contributed by atoms with Crippen molar-refractivity contribution in [2.75, 3.05) is 0 Å². The van der Waals surface area contributed by atoms with Crippen LogP contribution in [0.3, 0.4) is 0 Å². The maximum Gasteiger partial charge on any atom is 0.416 e. The van der Waals surface area contributed by atoms with Gasteiger partial charge in [0.1, 0.15) is 0 Å². The summed E-state index contributed by atoms with van der Waals surface area (Å²) < 4.78 is 37.4. The SMILES string of the molecule is C=C(C)c1ccc(-c2ccc(C(F)(F)F)cc2)cc1. The van der Waals surface area contributed by atoms with Crippen LogP contribution in [0.4, 0.5) is 13.2 Å². The summed E-state index contributed by atoms with van der Waals surface area (Å²) in [5.41, 5.74) is 3.00. The Labute approximate surface area is 110 Å². The van der Waals surface area contributed by atoms with E-state index in [1.807, 2.05) is 31.2 Å². The average Bonchev–Trinajstić information content (AvgIpc) is 2.38. The van der Waals surface area contributed by atoms with E-state index in [1.165, 1.54) is 12.1 Å². The van der Waals surface area contributed by atoms with E-state index in [4.69, 9.17) is 0 Å². The zero-order valence-corrected chi connectivity index (χ0v) is 10.5. The molecule has 0 atom stereocenters. The van der Waals surface area contributed by atoms with Crippen LogP contribution in [0.1, 0.15) is 18.1 Å². The van der Waals surface area contributed by atoms with Gasteiger partial charge in [0.05, 0.1) is 5.56 Å². The first-order valence-corrected chi connectivity index (χ1v) is 5.81. The number of allylic oxidation sites excluding steroid dienone is 1. The summed E-state index contributed by atoms with van der Waals surface area (Å²) in [4.78, 5) is 0. The van der Waals surface area contributed by atoms with Crippen LogP contribution < -0.4 is 0 Å². The molecule has 0 aliphatic carbocycles. The Balaban J connectivity index is 2.30. The zero-order chi connectivity index (χ0) is 14.0. The summed E-state index contributed by atoms with van der Waals surface area (Å²) >= 11 is 0. The quantitative estimate of drug-likeness (QED) is 0.679. The highest BCUT2D eigenvalue weighted by molar-refractivity contribution is 5.68. The molecule has 0 nitrogen and oxygen atoms in total. The smallest absolute Gasteiger partial charge is 0.166 e. The molecule has 0 radical (unpaired) electrons. The van der Waals surface area contributed by atoms with Crippen LogP contribution in [0.5, 0.6) is 0 Å². The molecular formula is C16H13F3. The fourth-order valence-electron chi connectivity index (χ4n) is 1.80. The second kappa shape index (κ2) is 4.92. The molecule has 98 valence electrons. The zero-order valence-electron chi connectivity index (χ0n) is 10.5. The van der Waals surface area contributed by atoms with E-state index in [0.29, 0.717) is 0 Å². The number of hydrogen-bond acceptors (Lipinski definition) is 0. The van der Waals surface area contributed by atoms with Gasteiger partial charge in [-0.15, -0.1) is 0 Å². The van der Waals surface area contributed by atoms with E-state index in [-0.39, 0.29) is 0 Å². The molecular weight excluding hydrogens is 249 g/mol. The van der Waals surface area contributed by atoms with Crippen molar-refractivity contribution in [1.29, 1.82) is 0 Å². The van der Waals surface area contributed by atoms with Gasteiger partial charge in [0.2, 0.25) is 0 Å². The van der Waals surface area contributed by atoms with Crippen LogP contribution in [0.2, 0.25) is 0 Å². The molecule has 0 aliphatic heterocycles. The molecule has 0 heterocycles. The molecule has 0 saturated heterocycles. The topological polar surface area (TPSA) is 0 Å². The molecule has 0 N–H and O–H groups in total. The molecule has 0 amide bonds. The third kappa shape index (κ3) is 3.05. The van der Waals surface area contributed by atoms with Crippen LogP contribution in [-0.2, 0) is 6.18 Å². The second-order valence-electron chi connectivity index (χ2n) is 4.43. The fraction of sp³-hybridized carbons (Fsp3) is 0.125. The van der Waals surface area contributed by atoms with E-state index in [1.54, 1.807) is 0 Å². The Hall–Kier alpha value is -2.03. The molecule has 0 fully saturated rings. The number of alkyl halides is 3. The third-order valence-corrected chi connectivity index (χ3v) is 2.92. The molecule has 2 aromatic carbocycles. The van der Waals surface area contributed by atoms with Gasteiger partial charge in [-0.05, 0) is 35.7 Å². The normalized spacial score (nSPS) is 11.4. The lowest BCUT2D eigenvalue weighted by atomic mass is 10.0. The van der Waals surface area contributed by atoms with Gasteiger partial charge in [-0.3, -0.25) is 0 Å². The van der Waals surface area contributed by atoms with Crippen molar-refractivity contribution in [3.63, 3.8) is 0 Å². The lowest BCUT2D eigenvalue weighted by molar-refractivity contribution is -0.137. The van der Waals surface area contributed by atoms with Gasteiger partial charge in [-0.1, -0.05) is 48.6 Å². The number of benzene rings is 2. The van der Waals surface area contributed by atoms with Crippen molar-refractivity contribution in [3.8, 4) is 11.1 Å². The Morgan fingerprint density at radius 3 is 1.63 bits per heavy atom. The van der Waals surface area contributed by atoms with Gasteiger partial charge in [-0.25, -0.2) is 0 Å². The van der Waals surface area contributed by atoms with Crippen molar-refractivity contribution in [3.05, 3.63) is 66.2 Å². The van der Waals surface area contributed by atoms with E-state index in [9.17, 15) is 13.2 Å². The highest BCUT2D eigenvalue weighted by Crippen LogP contribution is 2.31. The average molecular weight is 262 g/mol. The number of hydrogen-bond donors (Lipinski definition) is 0. The summed E-state index contributed by atoms with van der Waals surface area (Å²) in [6.07, 6.45) is -4.29. The lowest BCUT2D eigenvalue weighted by Gasteiger charge is -2.08. The van der Waals surface area contributed by atoms with Gasteiger partial charge in [0.15, 0.2) is 0 Å². The van der Waals surface area contributed by atoms with Crippen LogP contribution in [-0.4, -0.2) is 0 Å². The Morgan fingerprint density at radius 1 is 0.842 bits per heavy atom. The van der Waals surface area contributed by atoms with Gasteiger partial charge in [0.25, 0.3) is 0 Å². The van der Waals surface area contributed by atoms with Crippen molar-refractivity contribution < 1.29 is 13.2 Å². The summed E-state index contributed by atoms with van der Waals surface area (Å²) in [5.74, 6) is 0. The highest BCUT2D eigenvalue weighted by Gasteiger charge is 2.29. The van der Waals surface area contributed by atoms with Crippen LogP contribution in [0.15, 0.2) is 55.1 Å². The predicted molar refractivity (Wildman–Crippen MR) is 71.6 cm³/mol. The molecule has 19 heavy (non-hydrogen) atoms. The summed E-state index contributed by atoms with van der Waals surface area (Å²) in [6.45, 7) is 5.75. The molecule has 2 aromatic rings. The molecule has 2 rings (SSSR count). The molecule has 3 heteroatoms. The summed E-state index contributed by atoms with van der Waals surface area (Å²) in [6, 6.07) is 12.8. The fourth-order valence-corrected chi connectivity index (χ4v) is 1.80. The number of rotatable bonds is 2. The maximum atomic E-state index is 12.5. The first-order valence-electron chi connectivity index (χ1n) is 5.81. The van der Waals surface area contributed by atoms with Crippen LogP contribution in [0.25, 0.3) is 16.7 Å². The van der Waals surface area contributed by atoms with E-state index < -0.39 is 11.7 Å². The minimum absolute atomic E-state index is 0.630. The van der Waals surface area contributed by atoms with Crippen molar-refractivity contribution in [2.45, 2.75) is 13.1 Å². The van der Waals surface area contributed by atoms with Crippen LogP contribution >= 0.6 is 0 Å². The van der Waals surface area contributed by atoms with E-state index in [0.717, 1.165) is 34.4 Å². The summed E-state index contributed by atoms with van der Waals surface area (Å²) in [5, 5.41) is 0. The van der Waals surface area contributed by atoms with Crippen molar-refractivity contribution in [2.24, 2.45) is 0 Å².